The first-order valence-corrected chi connectivity index (χ1v) is 6.88. The van der Waals surface area contributed by atoms with Crippen molar-refractivity contribution in [2.45, 2.75) is 43.9 Å². The van der Waals surface area contributed by atoms with Crippen LogP contribution in [0, 0.1) is 0 Å². The molecule has 2 fully saturated rings. The molecule has 1 N–H and O–H groups in total. The van der Waals surface area contributed by atoms with Gasteiger partial charge in [0.15, 0.2) is 11.8 Å². The number of rotatable bonds is 2. The number of hydrogen-bond acceptors (Lipinski definition) is 4. The largest absolute Gasteiger partial charge is 0.480 e. The summed E-state index contributed by atoms with van der Waals surface area (Å²) in [5.74, 6) is -1.28. The number of amides is 1. The van der Waals surface area contributed by atoms with Crippen molar-refractivity contribution in [1.82, 2.24) is 4.90 Å². The molecule has 3 rings (SSSR count). The van der Waals surface area contributed by atoms with Crippen molar-refractivity contribution in [3.8, 4) is 0 Å². The molecule has 6 heteroatoms. The van der Waals surface area contributed by atoms with Crippen molar-refractivity contribution in [2.24, 2.45) is 0 Å². The molecule has 1 atom stereocenters. The smallest absolute Gasteiger partial charge is 0.328 e. The van der Waals surface area contributed by atoms with Crippen LogP contribution in [0.3, 0.4) is 0 Å². The Hall–Kier alpha value is -1.82. The van der Waals surface area contributed by atoms with Crippen LogP contribution >= 0.6 is 0 Å². The number of furan rings is 1. The second kappa shape index (κ2) is 4.94. The summed E-state index contributed by atoms with van der Waals surface area (Å²) < 4.78 is 10.9. The van der Waals surface area contributed by atoms with Gasteiger partial charge in [0.05, 0.1) is 12.9 Å². The van der Waals surface area contributed by atoms with Crippen LogP contribution in [0.4, 0.5) is 0 Å². The highest BCUT2D eigenvalue weighted by Gasteiger charge is 2.53. The molecule has 1 unspecified atom stereocenters. The lowest BCUT2D eigenvalue weighted by Crippen LogP contribution is -2.54. The fourth-order valence-corrected chi connectivity index (χ4v) is 3.18. The maximum atomic E-state index is 12.6. The molecule has 108 valence electrons. The molecule has 1 aromatic heterocycles. The number of carbonyl (C=O) groups is 2. The van der Waals surface area contributed by atoms with Gasteiger partial charge in [-0.3, -0.25) is 9.69 Å². The Morgan fingerprint density at radius 3 is 2.65 bits per heavy atom. The Morgan fingerprint density at radius 1 is 1.30 bits per heavy atom. The Morgan fingerprint density at radius 2 is 2.05 bits per heavy atom. The predicted octanol–water partition coefficient (Wildman–Crippen LogP) is 1.87. The quantitative estimate of drug-likeness (QED) is 0.893. The molecule has 1 amide bonds. The number of carbonyl (C=O) groups excluding carboxylic acids is 1. The van der Waals surface area contributed by atoms with Gasteiger partial charge in [0.2, 0.25) is 0 Å². The Kier molecular flexibility index (Phi) is 3.25. The van der Waals surface area contributed by atoms with Gasteiger partial charge in [-0.15, -0.1) is 0 Å². The molecule has 6 nitrogen and oxygen atoms in total. The summed E-state index contributed by atoms with van der Waals surface area (Å²) in [5, 5.41) is 9.34. The van der Waals surface area contributed by atoms with Crippen LogP contribution < -0.4 is 0 Å². The topological polar surface area (TPSA) is 80.0 Å². The first-order valence-electron chi connectivity index (χ1n) is 6.88. The van der Waals surface area contributed by atoms with Crippen LogP contribution in [-0.2, 0) is 9.53 Å². The maximum Gasteiger partial charge on any atom is 0.328 e. The van der Waals surface area contributed by atoms with E-state index in [0.29, 0.717) is 12.8 Å². The average Bonchev–Trinajstić information content (AvgIpc) is 3.07. The number of carboxylic acids is 1. The number of ether oxygens (including phenoxy) is 1. The highest BCUT2D eigenvalue weighted by Crippen LogP contribution is 2.41. The van der Waals surface area contributed by atoms with E-state index >= 15 is 0 Å². The Balaban J connectivity index is 1.95. The molecule has 1 saturated carbocycles. The van der Waals surface area contributed by atoms with Crippen LogP contribution in [0.1, 0.15) is 42.7 Å². The van der Waals surface area contributed by atoms with Gasteiger partial charge in [-0.1, -0.05) is 6.42 Å². The van der Waals surface area contributed by atoms with Gasteiger partial charge < -0.3 is 14.3 Å². The maximum absolute atomic E-state index is 12.6. The first-order chi connectivity index (χ1) is 9.64. The third-order valence-electron chi connectivity index (χ3n) is 4.13. The van der Waals surface area contributed by atoms with Gasteiger partial charge in [0, 0.05) is 0 Å². The lowest BCUT2D eigenvalue weighted by molar-refractivity contribution is -0.143. The van der Waals surface area contributed by atoms with Gasteiger partial charge in [-0.05, 0) is 37.8 Å². The van der Waals surface area contributed by atoms with E-state index in [1.54, 1.807) is 12.1 Å². The monoisotopic (exact) mass is 279 g/mol. The second-order valence-corrected chi connectivity index (χ2v) is 5.32. The molecule has 2 heterocycles. The van der Waals surface area contributed by atoms with Gasteiger partial charge in [-0.25, -0.2) is 4.79 Å². The SMILES string of the molecule is O=C(O)C1COC2(CCCCC2)N1C(=O)c1ccco1. The van der Waals surface area contributed by atoms with Crippen LogP contribution in [0.5, 0.6) is 0 Å². The van der Waals surface area contributed by atoms with E-state index < -0.39 is 23.6 Å². The molecular formula is C14H17NO5. The van der Waals surface area contributed by atoms with Gasteiger partial charge >= 0.3 is 5.97 Å². The molecule has 2 aliphatic rings. The predicted molar refractivity (Wildman–Crippen MR) is 68.1 cm³/mol. The number of aliphatic carboxylic acids is 1. The molecular weight excluding hydrogens is 262 g/mol. The van der Waals surface area contributed by atoms with Crippen LogP contribution in [0.15, 0.2) is 22.8 Å². The molecule has 1 aliphatic carbocycles. The zero-order chi connectivity index (χ0) is 14.2. The zero-order valence-corrected chi connectivity index (χ0v) is 11.1. The summed E-state index contributed by atoms with van der Waals surface area (Å²) in [4.78, 5) is 25.4. The molecule has 1 saturated heterocycles. The van der Waals surface area contributed by atoms with E-state index in [-0.39, 0.29) is 12.4 Å². The Bertz CT molecular complexity index is 504. The lowest BCUT2D eigenvalue weighted by atomic mass is 9.90. The van der Waals surface area contributed by atoms with Gasteiger partial charge in [0.1, 0.15) is 5.72 Å². The minimum Gasteiger partial charge on any atom is -0.480 e. The molecule has 0 radical (unpaired) electrons. The third kappa shape index (κ3) is 2.00. The molecule has 1 aliphatic heterocycles. The van der Waals surface area contributed by atoms with E-state index in [1.807, 2.05) is 0 Å². The summed E-state index contributed by atoms with van der Waals surface area (Å²) >= 11 is 0. The fraction of sp³-hybridized carbons (Fsp3) is 0.571. The van der Waals surface area contributed by atoms with Crippen molar-refractivity contribution >= 4 is 11.9 Å². The molecule has 20 heavy (non-hydrogen) atoms. The minimum absolute atomic E-state index is 0.0434. The van der Waals surface area contributed by atoms with Crippen molar-refractivity contribution in [2.75, 3.05) is 6.61 Å². The van der Waals surface area contributed by atoms with Crippen molar-refractivity contribution in [1.29, 1.82) is 0 Å². The van der Waals surface area contributed by atoms with Crippen LogP contribution in [-0.4, -0.2) is 40.3 Å². The van der Waals surface area contributed by atoms with Gasteiger partial charge in [0.25, 0.3) is 5.91 Å². The number of nitrogens with zero attached hydrogens (tertiary/aromatic N) is 1. The summed E-state index contributed by atoms with van der Waals surface area (Å²) in [6.07, 6.45) is 5.74. The van der Waals surface area contributed by atoms with Gasteiger partial charge in [-0.2, -0.15) is 0 Å². The molecule has 1 aromatic rings. The summed E-state index contributed by atoms with van der Waals surface area (Å²) in [6.45, 7) is 0.0434. The highest BCUT2D eigenvalue weighted by atomic mass is 16.5. The normalized spacial score (nSPS) is 25.0. The highest BCUT2D eigenvalue weighted by molar-refractivity contribution is 5.95. The van der Waals surface area contributed by atoms with E-state index in [4.69, 9.17) is 9.15 Å². The van der Waals surface area contributed by atoms with Crippen molar-refractivity contribution in [3.63, 3.8) is 0 Å². The fourth-order valence-electron chi connectivity index (χ4n) is 3.18. The molecule has 0 aromatic carbocycles. The van der Waals surface area contributed by atoms with E-state index in [0.717, 1.165) is 19.3 Å². The summed E-state index contributed by atoms with van der Waals surface area (Å²) in [7, 11) is 0. The minimum atomic E-state index is -1.03. The number of hydrogen-bond donors (Lipinski definition) is 1. The zero-order valence-electron chi connectivity index (χ0n) is 11.1. The summed E-state index contributed by atoms with van der Waals surface area (Å²) in [5.41, 5.74) is -0.773. The van der Waals surface area contributed by atoms with Crippen molar-refractivity contribution in [3.05, 3.63) is 24.2 Å². The van der Waals surface area contributed by atoms with E-state index in [1.165, 1.54) is 11.2 Å². The lowest BCUT2D eigenvalue weighted by Gasteiger charge is -2.40. The molecule has 0 bridgehead atoms. The third-order valence-corrected chi connectivity index (χ3v) is 4.13. The molecule has 1 spiro atoms. The standard InChI is InChI=1S/C14H17NO5/c16-12(11-5-4-8-19-11)15-10(13(17)18)9-20-14(15)6-2-1-3-7-14/h4-5,8,10H,1-3,6-7,9H2,(H,17,18). The van der Waals surface area contributed by atoms with Crippen LogP contribution in [0.2, 0.25) is 0 Å². The van der Waals surface area contributed by atoms with Crippen LogP contribution in [0.25, 0.3) is 0 Å². The Labute approximate surface area is 116 Å². The van der Waals surface area contributed by atoms with E-state index in [2.05, 4.69) is 0 Å². The average molecular weight is 279 g/mol. The number of carboxylic acid groups (broad SMARTS) is 1. The second-order valence-electron chi connectivity index (χ2n) is 5.32. The first kappa shape index (κ1) is 13.2. The van der Waals surface area contributed by atoms with E-state index in [9.17, 15) is 14.7 Å². The van der Waals surface area contributed by atoms with Crippen molar-refractivity contribution < 1.29 is 23.8 Å². The summed E-state index contributed by atoms with van der Waals surface area (Å²) in [6, 6.07) is 2.23.